The minimum Gasteiger partial charge on any atom is -0.508 e. The van der Waals surface area contributed by atoms with E-state index < -0.39 is 0 Å². The Morgan fingerprint density at radius 3 is 2.80 bits per heavy atom. The fourth-order valence-corrected chi connectivity index (χ4v) is 1.18. The van der Waals surface area contributed by atoms with Crippen LogP contribution in [0, 0.1) is 0 Å². The van der Waals surface area contributed by atoms with Crippen molar-refractivity contribution in [2.24, 2.45) is 0 Å². The maximum Gasteiger partial charge on any atom is 0.322 e. The normalized spacial score (nSPS) is 12.1. The lowest BCUT2D eigenvalue weighted by Crippen LogP contribution is -2.34. The molecule has 0 aromatic heterocycles. The van der Waals surface area contributed by atoms with Crippen molar-refractivity contribution in [1.82, 2.24) is 5.32 Å². The molecule has 0 bridgehead atoms. The summed E-state index contributed by atoms with van der Waals surface area (Å²) >= 11 is 0. The molecule has 0 fully saturated rings. The Bertz CT molecular complexity index is 338. The zero-order valence-corrected chi connectivity index (χ0v) is 8.86. The fraction of sp³-hybridized carbons (Fsp3) is 0.364. The van der Waals surface area contributed by atoms with E-state index in [1.54, 1.807) is 25.1 Å². The van der Waals surface area contributed by atoms with Crippen molar-refractivity contribution in [1.29, 1.82) is 0 Å². The number of benzene rings is 1. The first kappa shape index (κ1) is 11.5. The number of aromatic hydroxyl groups is 1. The maximum absolute atomic E-state index is 11.1. The molecule has 0 heterocycles. The summed E-state index contributed by atoms with van der Waals surface area (Å²) in [7, 11) is 1.35. The number of hydrogen-bond donors (Lipinski definition) is 2. The van der Waals surface area contributed by atoms with Crippen LogP contribution in [-0.2, 0) is 16.1 Å². The molecule has 15 heavy (non-hydrogen) atoms. The number of phenols is 1. The number of phenolic OH excluding ortho intramolecular Hbond substituents is 1. The van der Waals surface area contributed by atoms with Gasteiger partial charge in [0.15, 0.2) is 0 Å². The van der Waals surface area contributed by atoms with Gasteiger partial charge >= 0.3 is 5.97 Å². The lowest BCUT2D eigenvalue weighted by molar-refractivity contribution is -0.142. The summed E-state index contributed by atoms with van der Waals surface area (Å²) in [4.78, 5) is 11.1. The van der Waals surface area contributed by atoms with Crippen LogP contribution in [0.5, 0.6) is 5.75 Å². The maximum atomic E-state index is 11.1. The van der Waals surface area contributed by atoms with Gasteiger partial charge in [-0.25, -0.2) is 0 Å². The zero-order chi connectivity index (χ0) is 11.3. The molecule has 0 aliphatic heterocycles. The molecule has 4 nitrogen and oxygen atoms in total. The predicted octanol–water partition coefficient (Wildman–Crippen LogP) is 1.04. The van der Waals surface area contributed by atoms with E-state index in [1.807, 2.05) is 6.07 Å². The van der Waals surface area contributed by atoms with Crippen molar-refractivity contribution in [3.8, 4) is 5.75 Å². The molecule has 0 spiro atoms. The highest BCUT2D eigenvalue weighted by Gasteiger charge is 2.12. The first-order valence-electron chi connectivity index (χ1n) is 4.73. The van der Waals surface area contributed by atoms with Gasteiger partial charge < -0.3 is 15.2 Å². The number of para-hydroxylation sites is 1. The molecule has 82 valence electrons. The highest BCUT2D eigenvalue weighted by Crippen LogP contribution is 2.14. The molecule has 0 saturated carbocycles. The summed E-state index contributed by atoms with van der Waals surface area (Å²) in [6.45, 7) is 2.15. The third kappa shape index (κ3) is 3.25. The molecule has 0 saturated heterocycles. The highest BCUT2D eigenvalue weighted by molar-refractivity contribution is 5.75. The zero-order valence-electron chi connectivity index (χ0n) is 8.86. The quantitative estimate of drug-likeness (QED) is 0.727. The minimum atomic E-state index is -0.380. The van der Waals surface area contributed by atoms with Crippen LogP contribution >= 0.6 is 0 Å². The van der Waals surface area contributed by atoms with Crippen LogP contribution in [0.3, 0.4) is 0 Å². The number of carbonyl (C=O) groups excluding carboxylic acids is 1. The summed E-state index contributed by atoms with van der Waals surface area (Å²) in [5.41, 5.74) is 0.758. The average molecular weight is 209 g/mol. The lowest BCUT2D eigenvalue weighted by atomic mass is 10.2. The van der Waals surface area contributed by atoms with E-state index in [1.165, 1.54) is 7.11 Å². The molecule has 0 unspecified atom stereocenters. The average Bonchev–Trinajstić information content (AvgIpc) is 2.26. The number of ether oxygens (including phenoxy) is 1. The van der Waals surface area contributed by atoms with E-state index in [0.717, 1.165) is 5.56 Å². The Labute approximate surface area is 88.9 Å². The molecule has 1 atom stereocenters. The van der Waals surface area contributed by atoms with Gasteiger partial charge in [-0.2, -0.15) is 0 Å². The standard InChI is InChI=1S/C11H15NO3/c1-8(11(14)15-2)12-7-9-5-3-4-6-10(9)13/h3-6,8,12-13H,7H2,1-2H3/t8-/m0/s1. The van der Waals surface area contributed by atoms with E-state index in [0.29, 0.717) is 6.54 Å². The third-order valence-electron chi connectivity index (χ3n) is 2.15. The van der Waals surface area contributed by atoms with Gasteiger partial charge in [-0.15, -0.1) is 0 Å². The van der Waals surface area contributed by atoms with Gasteiger partial charge in [-0.3, -0.25) is 4.79 Å². The van der Waals surface area contributed by atoms with Crippen LogP contribution in [0.25, 0.3) is 0 Å². The largest absolute Gasteiger partial charge is 0.508 e. The van der Waals surface area contributed by atoms with Crippen molar-refractivity contribution in [3.05, 3.63) is 29.8 Å². The Morgan fingerprint density at radius 2 is 2.20 bits per heavy atom. The van der Waals surface area contributed by atoms with E-state index in [2.05, 4.69) is 10.1 Å². The summed E-state index contributed by atoms with van der Waals surface area (Å²) in [5, 5.41) is 12.4. The van der Waals surface area contributed by atoms with Gasteiger partial charge in [0.2, 0.25) is 0 Å². The van der Waals surface area contributed by atoms with Gasteiger partial charge in [0.1, 0.15) is 11.8 Å². The van der Waals surface area contributed by atoms with Crippen molar-refractivity contribution in [2.75, 3.05) is 7.11 Å². The molecule has 0 radical (unpaired) electrons. The summed E-state index contributed by atoms with van der Waals surface area (Å²) in [6.07, 6.45) is 0. The fourth-order valence-electron chi connectivity index (χ4n) is 1.18. The Balaban J connectivity index is 2.50. The molecule has 1 aromatic carbocycles. The molecular weight excluding hydrogens is 194 g/mol. The first-order valence-corrected chi connectivity index (χ1v) is 4.73. The number of rotatable bonds is 4. The number of hydrogen-bond acceptors (Lipinski definition) is 4. The monoisotopic (exact) mass is 209 g/mol. The first-order chi connectivity index (χ1) is 7.15. The second kappa shape index (κ2) is 5.36. The third-order valence-corrected chi connectivity index (χ3v) is 2.15. The van der Waals surface area contributed by atoms with Gasteiger partial charge in [-0.05, 0) is 13.0 Å². The van der Waals surface area contributed by atoms with Crippen LogP contribution in [0.1, 0.15) is 12.5 Å². The van der Waals surface area contributed by atoms with Crippen molar-refractivity contribution in [2.45, 2.75) is 19.5 Å². The van der Waals surface area contributed by atoms with E-state index in [-0.39, 0.29) is 17.8 Å². The molecule has 0 aliphatic rings. The van der Waals surface area contributed by atoms with Gasteiger partial charge in [0.05, 0.1) is 7.11 Å². The second-order valence-corrected chi connectivity index (χ2v) is 3.25. The van der Waals surface area contributed by atoms with E-state index in [9.17, 15) is 9.90 Å². The minimum absolute atomic E-state index is 0.224. The Hall–Kier alpha value is -1.55. The molecular formula is C11H15NO3. The number of carbonyl (C=O) groups is 1. The Morgan fingerprint density at radius 1 is 1.53 bits per heavy atom. The van der Waals surface area contributed by atoms with E-state index in [4.69, 9.17) is 0 Å². The topological polar surface area (TPSA) is 58.6 Å². The molecule has 4 heteroatoms. The van der Waals surface area contributed by atoms with Gasteiger partial charge in [0.25, 0.3) is 0 Å². The van der Waals surface area contributed by atoms with Crippen LogP contribution in [-0.4, -0.2) is 24.2 Å². The van der Waals surface area contributed by atoms with Gasteiger partial charge in [-0.1, -0.05) is 18.2 Å². The van der Waals surface area contributed by atoms with Crippen molar-refractivity contribution < 1.29 is 14.6 Å². The number of nitrogens with one attached hydrogen (secondary N) is 1. The molecule has 1 rings (SSSR count). The van der Waals surface area contributed by atoms with Crippen molar-refractivity contribution >= 4 is 5.97 Å². The predicted molar refractivity (Wildman–Crippen MR) is 56.4 cm³/mol. The number of methoxy groups -OCH3 is 1. The van der Waals surface area contributed by atoms with Crippen LogP contribution < -0.4 is 5.32 Å². The number of esters is 1. The molecule has 0 aliphatic carbocycles. The van der Waals surface area contributed by atoms with Crippen LogP contribution in [0.4, 0.5) is 0 Å². The van der Waals surface area contributed by atoms with Crippen molar-refractivity contribution in [3.63, 3.8) is 0 Å². The van der Waals surface area contributed by atoms with E-state index >= 15 is 0 Å². The van der Waals surface area contributed by atoms with Gasteiger partial charge in [0, 0.05) is 12.1 Å². The summed E-state index contributed by atoms with van der Waals surface area (Å²) < 4.78 is 4.57. The summed E-state index contributed by atoms with van der Waals surface area (Å²) in [6, 6.07) is 6.61. The van der Waals surface area contributed by atoms with Crippen LogP contribution in [0.15, 0.2) is 24.3 Å². The highest BCUT2D eigenvalue weighted by atomic mass is 16.5. The molecule has 2 N–H and O–H groups in total. The van der Waals surface area contributed by atoms with Crippen LogP contribution in [0.2, 0.25) is 0 Å². The molecule has 0 amide bonds. The second-order valence-electron chi connectivity index (χ2n) is 3.25. The SMILES string of the molecule is COC(=O)[C@H](C)NCc1ccccc1O. The summed E-state index contributed by atoms with van der Waals surface area (Å²) in [5.74, 6) is -0.0903. The smallest absolute Gasteiger partial charge is 0.322 e. The Kier molecular flexibility index (Phi) is 4.12. The molecule has 1 aromatic rings. The lowest BCUT2D eigenvalue weighted by Gasteiger charge is -2.11.